The lowest BCUT2D eigenvalue weighted by atomic mass is 9.82. The van der Waals surface area contributed by atoms with E-state index < -0.39 is 16.1 Å². The van der Waals surface area contributed by atoms with Gasteiger partial charge in [-0.05, 0) is 111 Å². The van der Waals surface area contributed by atoms with Gasteiger partial charge in [-0.15, -0.1) is 0 Å². The zero-order valence-corrected chi connectivity index (χ0v) is 42.7. The van der Waals surface area contributed by atoms with Gasteiger partial charge in [0, 0.05) is 22.5 Å². The Hall–Kier alpha value is -8.35. The molecule has 344 valence electrons. The smallest absolute Gasteiger partial charge is 0.179 e. The molecule has 0 aromatic heterocycles. The maximum absolute atomic E-state index is 2.72. The van der Waals surface area contributed by atoms with Gasteiger partial charge in [-0.2, -0.15) is 0 Å². The molecule has 0 radical (unpaired) electrons. The molecule has 11 aromatic rings. The molecule has 0 amide bonds. The number of hydrogen-bond donors (Lipinski definition) is 0. The molecule has 0 bridgehead atoms. The van der Waals surface area contributed by atoms with Gasteiger partial charge in [-0.1, -0.05) is 275 Å². The van der Waals surface area contributed by atoms with Gasteiger partial charge < -0.3 is 4.90 Å². The number of fused-ring (bicyclic) bond motifs is 3. The van der Waals surface area contributed by atoms with Gasteiger partial charge in [-0.3, -0.25) is 0 Å². The first-order valence-electron chi connectivity index (χ1n) is 25.2. The molecule has 3 heteroatoms. The van der Waals surface area contributed by atoms with Crippen LogP contribution in [0.5, 0.6) is 0 Å². The van der Waals surface area contributed by atoms with E-state index in [0.717, 1.165) is 17.1 Å². The van der Waals surface area contributed by atoms with Gasteiger partial charge in [0.25, 0.3) is 0 Å². The SMILES string of the molecule is CC1(C)c2ccccc2-c2cc(N(c3ccc(-c4ccc([Si](c5ccccc5)(c5ccccc5)c5ccccc5)cc4)cc3)c3ccc([Si](c4ccccc4)(c4ccccc4)c4ccccc4)cc3)ccc21. The Bertz CT molecular complexity index is 3410. The van der Waals surface area contributed by atoms with Crippen LogP contribution in [0.3, 0.4) is 0 Å². The van der Waals surface area contributed by atoms with Crippen LogP contribution < -0.4 is 46.4 Å². The molecule has 0 saturated heterocycles. The van der Waals surface area contributed by atoms with Crippen molar-refractivity contribution in [3.8, 4) is 22.3 Å². The summed E-state index contributed by atoms with van der Waals surface area (Å²) >= 11 is 0. The van der Waals surface area contributed by atoms with Crippen LogP contribution in [0.2, 0.25) is 0 Å². The predicted molar refractivity (Wildman–Crippen MR) is 311 cm³/mol. The van der Waals surface area contributed by atoms with E-state index in [9.17, 15) is 0 Å². The topological polar surface area (TPSA) is 3.24 Å². The molecule has 0 spiro atoms. The minimum absolute atomic E-state index is 0.0835. The lowest BCUT2D eigenvalue weighted by Gasteiger charge is -2.35. The fraction of sp³-hybridized carbons (Fsp3) is 0.0435. The highest BCUT2D eigenvalue weighted by molar-refractivity contribution is 7.20. The van der Waals surface area contributed by atoms with E-state index in [1.165, 1.54) is 74.9 Å². The average Bonchev–Trinajstić information content (AvgIpc) is 3.69. The van der Waals surface area contributed by atoms with Crippen LogP contribution in [0.15, 0.2) is 297 Å². The second-order valence-corrected chi connectivity index (χ2v) is 27.2. The summed E-state index contributed by atoms with van der Waals surface area (Å²) in [5.74, 6) is 0. The molecule has 0 aliphatic heterocycles. The first kappa shape index (κ1) is 44.8. The fourth-order valence-electron chi connectivity index (χ4n) is 12.0. The Morgan fingerprint density at radius 1 is 0.250 bits per heavy atom. The summed E-state index contributed by atoms with van der Waals surface area (Å²) in [7, 11) is -5.36. The second kappa shape index (κ2) is 18.8. The van der Waals surface area contributed by atoms with Crippen molar-refractivity contribution in [3.05, 3.63) is 308 Å². The Morgan fingerprint density at radius 3 is 0.917 bits per heavy atom. The maximum Gasteiger partial charge on any atom is 0.179 e. The molecule has 1 aliphatic carbocycles. The van der Waals surface area contributed by atoms with Crippen LogP contribution in [-0.4, -0.2) is 16.1 Å². The van der Waals surface area contributed by atoms with E-state index >= 15 is 0 Å². The maximum atomic E-state index is 2.45. The highest BCUT2D eigenvalue weighted by Gasteiger charge is 2.43. The standard InChI is InChI=1S/C69H55NSi2/c1-69(2)67-36-22-21-35-65(67)66-51-56(45-50-68(66)69)70(55-43-48-64(49-44-55)72(60-29-15-6-16-30-60,61-31-17-7-18-32-61)62-33-19-8-20-34-62)54-41-37-52(38-42-54)53-39-46-63(47-40-53)71(57-23-9-3-10-24-57,58-25-11-4-12-26-58)59-27-13-5-14-28-59/h3-51H,1-2H3. The fourth-order valence-corrected chi connectivity index (χ4v) is 21.5. The minimum Gasteiger partial charge on any atom is -0.310 e. The van der Waals surface area contributed by atoms with Crippen molar-refractivity contribution in [3.63, 3.8) is 0 Å². The summed E-state index contributed by atoms with van der Waals surface area (Å²) < 4.78 is 0. The van der Waals surface area contributed by atoms with E-state index in [2.05, 4.69) is 316 Å². The van der Waals surface area contributed by atoms with Gasteiger partial charge in [0.15, 0.2) is 16.1 Å². The molecule has 72 heavy (non-hydrogen) atoms. The molecule has 0 atom stereocenters. The second-order valence-electron chi connectivity index (χ2n) is 19.6. The number of benzene rings is 11. The molecular formula is C69H55NSi2. The first-order valence-corrected chi connectivity index (χ1v) is 29.2. The normalized spacial score (nSPS) is 12.7. The third-order valence-electron chi connectivity index (χ3n) is 15.4. The molecular weight excluding hydrogens is 899 g/mol. The number of rotatable bonds is 12. The largest absolute Gasteiger partial charge is 0.310 e. The molecule has 0 N–H and O–H groups in total. The molecule has 11 aromatic carbocycles. The van der Waals surface area contributed by atoms with Gasteiger partial charge in [0.2, 0.25) is 0 Å². The number of hydrogen-bond acceptors (Lipinski definition) is 1. The van der Waals surface area contributed by atoms with Crippen LogP contribution in [0.4, 0.5) is 17.1 Å². The highest BCUT2D eigenvalue weighted by Crippen LogP contribution is 2.50. The van der Waals surface area contributed by atoms with E-state index in [0.29, 0.717) is 0 Å². The quantitative estimate of drug-likeness (QED) is 0.0871. The third kappa shape index (κ3) is 7.52. The molecule has 0 unspecified atom stereocenters. The van der Waals surface area contributed by atoms with Crippen molar-refractivity contribution in [2.75, 3.05) is 4.90 Å². The van der Waals surface area contributed by atoms with Crippen molar-refractivity contribution >= 4 is 74.7 Å². The van der Waals surface area contributed by atoms with Crippen LogP contribution in [0.25, 0.3) is 22.3 Å². The van der Waals surface area contributed by atoms with E-state index in [4.69, 9.17) is 0 Å². The predicted octanol–water partition coefficient (Wildman–Crippen LogP) is 11.9. The zero-order chi connectivity index (χ0) is 48.5. The zero-order valence-electron chi connectivity index (χ0n) is 40.7. The van der Waals surface area contributed by atoms with Crippen LogP contribution >= 0.6 is 0 Å². The minimum atomic E-state index is -2.72. The monoisotopic (exact) mass is 953 g/mol. The summed E-state index contributed by atoms with van der Waals surface area (Å²) in [5, 5.41) is 10.9. The van der Waals surface area contributed by atoms with E-state index in [1.807, 2.05) is 0 Å². The number of anilines is 3. The third-order valence-corrected chi connectivity index (χ3v) is 25.0. The van der Waals surface area contributed by atoms with Gasteiger partial charge in [0.1, 0.15) is 0 Å². The summed E-state index contributed by atoms with van der Waals surface area (Å²) in [6.45, 7) is 4.71. The van der Waals surface area contributed by atoms with Crippen LogP contribution in [0, 0.1) is 0 Å². The lowest BCUT2D eigenvalue weighted by Crippen LogP contribution is -2.74. The molecule has 0 saturated carbocycles. The van der Waals surface area contributed by atoms with Crippen molar-refractivity contribution in [2.24, 2.45) is 0 Å². The summed E-state index contributed by atoms with van der Waals surface area (Å²) in [4.78, 5) is 2.45. The van der Waals surface area contributed by atoms with Crippen molar-refractivity contribution in [2.45, 2.75) is 19.3 Å². The van der Waals surface area contributed by atoms with Crippen molar-refractivity contribution in [1.82, 2.24) is 0 Å². The summed E-state index contributed by atoms with van der Waals surface area (Å²) in [5.41, 5.74) is 11.0. The molecule has 0 heterocycles. The Labute approximate surface area is 427 Å². The van der Waals surface area contributed by atoms with Crippen LogP contribution in [0.1, 0.15) is 25.0 Å². The summed E-state index contributed by atoms with van der Waals surface area (Å²) in [6, 6.07) is 111. The first-order chi connectivity index (χ1) is 35.5. The van der Waals surface area contributed by atoms with Crippen molar-refractivity contribution < 1.29 is 0 Å². The van der Waals surface area contributed by atoms with E-state index in [1.54, 1.807) is 0 Å². The van der Waals surface area contributed by atoms with Gasteiger partial charge >= 0.3 is 0 Å². The summed E-state index contributed by atoms with van der Waals surface area (Å²) in [6.07, 6.45) is 0. The average molecular weight is 954 g/mol. The lowest BCUT2D eigenvalue weighted by molar-refractivity contribution is 0.660. The molecule has 1 nitrogen and oxygen atoms in total. The highest BCUT2D eigenvalue weighted by atomic mass is 28.3. The Morgan fingerprint density at radius 2 is 0.528 bits per heavy atom. The Balaban J connectivity index is 0.974. The number of nitrogens with zero attached hydrogens (tertiary/aromatic N) is 1. The van der Waals surface area contributed by atoms with Crippen LogP contribution in [-0.2, 0) is 5.41 Å². The molecule has 12 rings (SSSR count). The van der Waals surface area contributed by atoms with Gasteiger partial charge in [0.05, 0.1) is 0 Å². The molecule has 0 fully saturated rings. The molecule has 1 aliphatic rings. The van der Waals surface area contributed by atoms with Crippen molar-refractivity contribution in [1.29, 1.82) is 0 Å². The van der Waals surface area contributed by atoms with E-state index in [-0.39, 0.29) is 5.41 Å². The van der Waals surface area contributed by atoms with Gasteiger partial charge in [-0.25, -0.2) is 0 Å². The Kier molecular flexibility index (Phi) is 11.7.